The summed E-state index contributed by atoms with van der Waals surface area (Å²) in [6.07, 6.45) is 1.11. The molecule has 1 aromatic rings. The fourth-order valence-corrected chi connectivity index (χ4v) is 3.28. The molecule has 2 N–H and O–H groups in total. The molecule has 1 aliphatic rings. The molecular weight excluding hydrogens is 334 g/mol. The van der Waals surface area contributed by atoms with Gasteiger partial charge in [-0.05, 0) is 43.9 Å². The summed E-state index contributed by atoms with van der Waals surface area (Å²) in [5.74, 6) is 1.94. The molecule has 4 nitrogen and oxygen atoms in total. The number of hydrogen-bond donors (Lipinski definition) is 1. The highest BCUT2D eigenvalue weighted by Crippen LogP contribution is 2.39. The first-order chi connectivity index (χ1) is 10.1. The summed E-state index contributed by atoms with van der Waals surface area (Å²) in [5, 5.41) is 0. The van der Waals surface area contributed by atoms with Crippen LogP contribution in [0.25, 0.3) is 0 Å². The summed E-state index contributed by atoms with van der Waals surface area (Å²) >= 11 is 3.60. The summed E-state index contributed by atoms with van der Waals surface area (Å²) in [7, 11) is 0. The van der Waals surface area contributed by atoms with E-state index in [4.69, 9.17) is 19.9 Å². The van der Waals surface area contributed by atoms with Crippen molar-refractivity contribution in [3.05, 3.63) is 22.2 Å². The maximum Gasteiger partial charge on any atom is 0.162 e. The van der Waals surface area contributed by atoms with Crippen LogP contribution in [-0.2, 0) is 4.74 Å². The van der Waals surface area contributed by atoms with Crippen molar-refractivity contribution in [3.63, 3.8) is 0 Å². The molecule has 0 bridgehead atoms. The molecule has 1 fully saturated rings. The summed E-state index contributed by atoms with van der Waals surface area (Å²) in [4.78, 5) is 0. The van der Waals surface area contributed by atoms with Crippen LogP contribution in [0.1, 0.15) is 38.8 Å². The van der Waals surface area contributed by atoms with Crippen LogP contribution < -0.4 is 15.2 Å². The SMILES string of the molecule is CCOc1cc(Br)c(C(N)C2OCCC2C)cc1OCC. The van der Waals surface area contributed by atoms with Crippen molar-refractivity contribution < 1.29 is 14.2 Å². The van der Waals surface area contributed by atoms with Crippen molar-refractivity contribution in [2.75, 3.05) is 19.8 Å². The smallest absolute Gasteiger partial charge is 0.162 e. The van der Waals surface area contributed by atoms with Crippen LogP contribution in [0.4, 0.5) is 0 Å². The fourth-order valence-electron chi connectivity index (χ4n) is 2.70. The Labute approximate surface area is 135 Å². The average molecular weight is 358 g/mol. The molecular formula is C16H24BrNO3. The lowest BCUT2D eigenvalue weighted by molar-refractivity contribution is 0.0722. The third-order valence-electron chi connectivity index (χ3n) is 3.82. The summed E-state index contributed by atoms with van der Waals surface area (Å²) in [5.41, 5.74) is 7.43. The Bertz CT molecular complexity index is 481. The Hall–Kier alpha value is -0.780. The van der Waals surface area contributed by atoms with Crippen LogP contribution in [0.2, 0.25) is 0 Å². The fraction of sp³-hybridized carbons (Fsp3) is 0.625. The second-order valence-corrected chi connectivity index (χ2v) is 6.17. The van der Waals surface area contributed by atoms with Crippen molar-refractivity contribution in [3.8, 4) is 11.5 Å². The Morgan fingerprint density at radius 3 is 2.43 bits per heavy atom. The predicted octanol–water partition coefficient (Wildman–Crippen LogP) is 3.67. The van der Waals surface area contributed by atoms with Gasteiger partial charge >= 0.3 is 0 Å². The highest BCUT2D eigenvalue weighted by molar-refractivity contribution is 9.10. The number of halogens is 1. The maximum atomic E-state index is 6.43. The number of ether oxygens (including phenoxy) is 3. The molecule has 0 spiro atoms. The molecule has 5 heteroatoms. The zero-order chi connectivity index (χ0) is 15.4. The second kappa shape index (κ2) is 7.47. The summed E-state index contributed by atoms with van der Waals surface area (Å²) in [6, 6.07) is 3.73. The Morgan fingerprint density at radius 1 is 1.29 bits per heavy atom. The zero-order valence-electron chi connectivity index (χ0n) is 12.9. The van der Waals surface area contributed by atoms with E-state index in [1.54, 1.807) is 0 Å². The molecule has 0 radical (unpaired) electrons. The van der Waals surface area contributed by atoms with Crippen LogP contribution in [0.15, 0.2) is 16.6 Å². The van der Waals surface area contributed by atoms with Gasteiger partial charge in [-0.1, -0.05) is 22.9 Å². The minimum Gasteiger partial charge on any atom is -0.490 e. The van der Waals surface area contributed by atoms with Crippen molar-refractivity contribution in [2.45, 2.75) is 39.3 Å². The summed E-state index contributed by atoms with van der Waals surface area (Å²) < 4.78 is 18.0. The quantitative estimate of drug-likeness (QED) is 0.843. The van der Waals surface area contributed by atoms with E-state index in [1.165, 1.54) is 0 Å². The molecule has 0 aliphatic carbocycles. The largest absolute Gasteiger partial charge is 0.490 e. The minimum absolute atomic E-state index is 0.0497. The lowest BCUT2D eigenvalue weighted by Gasteiger charge is -2.25. The van der Waals surface area contributed by atoms with E-state index in [-0.39, 0.29) is 12.1 Å². The van der Waals surface area contributed by atoms with Crippen LogP contribution in [0.5, 0.6) is 11.5 Å². The van der Waals surface area contributed by atoms with Gasteiger partial charge in [0, 0.05) is 11.1 Å². The Morgan fingerprint density at radius 2 is 1.90 bits per heavy atom. The molecule has 1 aromatic carbocycles. The predicted molar refractivity (Wildman–Crippen MR) is 86.9 cm³/mol. The molecule has 1 heterocycles. The third-order valence-corrected chi connectivity index (χ3v) is 4.51. The van der Waals surface area contributed by atoms with Crippen LogP contribution in [0.3, 0.4) is 0 Å². The van der Waals surface area contributed by atoms with Gasteiger partial charge in [0.1, 0.15) is 0 Å². The van der Waals surface area contributed by atoms with Crippen LogP contribution in [0, 0.1) is 5.92 Å². The molecule has 0 aromatic heterocycles. The van der Waals surface area contributed by atoms with Crippen molar-refractivity contribution >= 4 is 15.9 Å². The van der Waals surface area contributed by atoms with Gasteiger partial charge in [-0.3, -0.25) is 0 Å². The van der Waals surface area contributed by atoms with Gasteiger partial charge < -0.3 is 19.9 Å². The molecule has 3 atom stereocenters. The van der Waals surface area contributed by atoms with E-state index in [9.17, 15) is 0 Å². The van der Waals surface area contributed by atoms with E-state index < -0.39 is 0 Å². The van der Waals surface area contributed by atoms with Gasteiger partial charge in [0.2, 0.25) is 0 Å². The van der Waals surface area contributed by atoms with Crippen LogP contribution >= 0.6 is 15.9 Å². The molecule has 118 valence electrons. The monoisotopic (exact) mass is 357 g/mol. The molecule has 2 rings (SSSR count). The normalized spacial score (nSPS) is 23.1. The zero-order valence-corrected chi connectivity index (χ0v) is 14.5. The highest BCUT2D eigenvalue weighted by atomic mass is 79.9. The van der Waals surface area contributed by atoms with Gasteiger partial charge in [-0.15, -0.1) is 0 Å². The lowest BCUT2D eigenvalue weighted by Crippen LogP contribution is -2.30. The minimum atomic E-state index is -0.174. The number of rotatable bonds is 6. The first kappa shape index (κ1) is 16.6. The van der Waals surface area contributed by atoms with E-state index in [0.717, 1.165) is 34.6 Å². The van der Waals surface area contributed by atoms with Gasteiger partial charge in [-0.2, -0.15) is 0 Å². The van der Waals surface area contributed by atoms with Crippen molar-refractivity contribution in [2.24, 2.45) is 11.7 Å². The molecule has 0 saturated carbocycles. The first-order valence-electron chi connectivity index (χ1n) is 7.54. The molecule has 0 amide bonds. The van der Waals surface area contributed by atoms with Gasteiger partial charge in [0.15, 0.2) is 11.5 Å². The summed E-state index contributed by atoms with van der Waals surface area (Å²) in [6.45, 7) is 8.07. The van der Waals surface area contributed by atoms with Gasteiger partial charge in [-0.25, -0.2) is 0 Å². The molecule has 1 aliphatic heterocycles. The number of nitrogens with two attached hydrogens (primary N) is 1. The molecule has 1 saturated heterocycles. The Balaban J connectivity index is 2.31. The van der Waals surface area contributed by atoms with Crippen molar-refractivity contribution in [1.82, 2.24) is 0 Å². The Kier molecular flexibility index (Phi) is 5.90. The average Bonchev–Trinajstić information content (AvgIpc) is 2.87. The second-order valence-electron chi connectivity index (χ2n) is 5.31. The topological polar surface area (TPSA) is 53.7 Å². The number of benzene rings is 1. The van der Waals surface area contributed by atoms with E-state index in [2.05, 4.69) is 22.9 Å². The maximum absolute atomic E-state index is 6.43. The molecule has 3 unspecified atom stereocenters. The third kappa shape index (κ3) is 3.71. The molecule has 21 heavy (non-hydrogen) atoms. The van der Waals surface area contributed by atoms with Crippen molar-refractivity contribution in [1.29, 1.82) is 0 Å². The highest BCUT2D eigenvalue weighted by Gasteiger charge is 2.32. The lowest BCUT2D eigenvalue weighted by atomic mass is 9.93. The van der Waals surface area contributed by atoms with E-state index in [0.29, 0.717) is 19.1 Å². The van der Waals surface area contributed by atoms with E-state index >= 15 is 0 Å². The van der Waals surface area contributed by atoms with Gasteiger partial charge in [0.05, 0.1) is 25.4 Å². The van der Waals surface area contributed by atoms with Gasteiger partial charge in [0.25, 0.3) is 0 Å². The first-order valence-corrected chi connectivity index (χ1v) is 8.34. The number of hydrogen-bond acceptors (Lipinski definition) is 4. The van der Waals surface area contributed by atoms with E-state index in [1.807, 2.05) is 26.0 Å². The van der Waals surface area contributed by atoms with Crippen LogP contribution in [-0.4, -0.2) is 25.9 Å². The standard InChI is InChI=1S/C16H24BrNO3/c1-4-19-13-8-11(12(17)9-14(13)20-5-2)15(18)16-10(3)6-7-21-16/h8-10,15-16H,4-7,18H2,1-3H3.